The molecule has 2 amide bonds. The number of halogens is 2. The molecular weight excluding hydrogens is 322 g/mol. The highest BCUT2D eigenvalue weighted by atomic mass is 32.2. The maximum absolute atomic E-state index is 13.6. The first kappa shape index (κ1) is 17.0. The van der Waals surface area contributed by atoms with Crippen molar-refractivity contribution in [3.63, 3.8) is 0 Å². The van der Waals surface area contributed by atoms with Gasteiger partial charge in [0.05, 0.1) is 11.3 Å². The minimum Gasteiger partial charge on any atom is -0.370 e. The fraction of sp³-hybridized carbons (Fsp3) is 0.125. The zero-order valence-corrected chi connectivity index (χ0v) is 12.8. The van der Waals surface area contributed by atoms with Crippen LogP contribution in [-0.4, -0.2) is 17.6 Å². The summed E-state index contributed by atoms with van der Waals surface area (Å²) in [5.74, 6) is -2.20. The van der Waals surface area contributed by atoms with Gasteiger partial charge in [0.25, 0.3) is 5.91 Å². The molecule has 2 aromatic rings. The SMILES string of the molecule is NC(=O)CCSc1ccccc1NC(=O)c1cc(F)ccc1F. The molecule has 2 aromatic carbocycles. The molecule has 0 saturated carbocycles. The fourth-order valence-electron chi connectivity index (χ4n) is 1.82. The highest BCUT2D eigenvalue weighted by molar-refractivity contribution is 7.99. The number of thioether (sulfide) groups is 1. The molecule has 0 atom stereocenters. The number of benzene rings is 2. The Morgan fingerprint density at radius 2 is 1.87 bits per heavy atom. The number of hydrogen-bond donors (Lipinski definition) is 2. The summed E-state index contributed by atoms with van der Waals surface area (Å²) >= 11 is 1.34. The van der Waals surface area contributed by atoms with E-state index in [1.165, 1.54) is 11.8 Å². The molecule has 0 aliphatic rings. The van der Waals surface area contributed by atoms with Gasteiger partial charge in [0.15, 0.2) is 0 Å². The number of rotatable bonds is 6. The zero-order valence-electron chi connectivity index (χ0n) is 12.0. The van der Waals surface area contributed by atoms with Gasteiger partial charge in [-0.05, 0) is 30.3 Å². The summed E-state index contributed by atoms with van der Waals surface area (Å²) in [5, 5.41) is 2.55. The van der Waals surface area contributed by atoms with Crippen LogP contribution in [0.15, 0.2) is 47.4 Å². The van der Waals surface area contributed by atoms with E-state index in [0.29, 0.717) is 16.3 Å². The number of nitrogens with two attached hydrogens (primary N) is 1. The molecule has 23 heavy (non-hydrogen) atoms. The normalized spacial score (nSPS) is 10.3. The lowest BCUT2D eigenvalue weighted by Gasteiger charge is -2.11. The van der Waals surface area contributed by atoms with Crippen molar-refractivity contribution in [1.82, 2.24) is 0 Å². The number of anilines is 1. The molecule has 7 heteroatoms. The molecule has 4 nitrogen and oxygen atoms in total. The first-order valence-corrected chi connectivity index (χ1v) is 7.72. The smallest absolute Gasteiger partial charge is 0.258 e. The van der Waals surface area contributed by atoms with E-state index in [1.807, 2.05) is 0 Å². The summed E-state index contributed by atoms with van der Waals surface area (Å²) in [7, 11) is 0. The second kappa shape index (κ2) is 7.73. The third-order valence-electron chi connectivity index (χ3n) is 2.91. The van der Waals surface area contributed by atoms with Gasteiger partial charge in [-0.3, -0.25) is 9.59 Å². The fourth-order valence-corrected chi connectivity index (χ4v) is 2.79. The van der Waals surface area contributed by atoms with Gasteiger partial charge in [-0.25, -0.2) is 8.78 Å². The molecule has 0 aromatic heterocycles. The maximum atomic E-state index is 13.6. The highest BCUT2D eigenvalue weighted by Gasteiger charge is 2.14. The Balaban J connectivity index is 2.14. The first-order chi connectivity index (χ1) is 11.0. The van der Waals surface area contributed by atoms with Gasteiger partial charge in [-0.2, -0.15) is 0 Å². The second-order valence-corrected chi connectivity index (χ2v) is 5.78. The van der Waals surface area contributed by atoms with Crippen LogP contribution in [-0.2, 0) is 4.79 Å². The third-order valence-corrected chi connectivity index (χ3v) is 3.99. The van der Waals surface area contributed by atoms with Gasteiger partial charge in [0.2, 0.25) is 5.91 Å². The van der Waals surface area contributed by atoms with Crippen molar-refractivity contribution in [3.05, 3.63) is 59.7 Å². The molecule has 0 radical (unpaired) electrons. The van der Waals surface area contributed by atoms with Crippen molar-refractivity contribution in [2.75, 3.05) is 11.1 Å². The number of nitrogens with one attached hydrogen (secondary N) is 1. The van der Waals surface area contributed by atoms with E-state index in [4.69, 9.17) is 5.73 Å². The number of primary amides is 1. The van der Waals surface area contributed by atoms with E-state index in [2.05, 4.69) is 5.32 Å². The van der Waals surface area contributed by atoms with E-state index < -0.39 is 23.4 Å². The summed E-state index contributed by atoms with van der Waals surface area (Å²) in [6.45, 7) is 0. The van der Waals surface area contributed by atoms with Gasteiger partial charge in [0.1, 0.15) is 11.6 Å². The Hall–Kier alpha value is -2.41. The van der Waals surface area contributed by atoms with Crippen molar-refractivity contribution >= 4 is 29.3 Å². The number of carbonyl (C=O) groups excluding carboxylic acids is 2. The van der Waals surface area contributed by atoms with Crippen LogP contribution in [0.5, 0.6) is 0 Å². The Labute approximate surface area is 136 Å². The van der Waals surface area contributed by atoms with Crippen molar-refractivity contribution in [1.29, 1.82) is 0 Å². The average Bonchev–Trinajstić information content (AvgIpc) is 2.51. The van der Waals surface area contributed by atoms with Crippen LogP contribution >= 0.6 is 11.8 Å². The van der Waals surface area contributed by atoms with Gasteiger partial charge in [-0.15, -0.1) is 11.8 Å². The Kier molecular flexibility index (Phi) is 5.70. The summed E-state index contributed by atoms with van der Waals surface area (Å²) < 4.78 is 26.8. The highest BCUT2D eigenvalue weighted by Crippen LogP contribution is 2.28. The standard InChI is InChI=1S/C16H14F2N2O2S/c17-10-5-6-12(18)11(9-10)16(22)20-13-3-1-2-4-14(13)23-8-7-15(19)21/h1-6,9H,7-8H2,(H2,19,21)(H,20,22). The number of para-hydroxylation sites is 1. The summed E-state index contributed by atoms with van der Waals surface area (Å²) in [5.41, 5.74) is 5.16. The number of hydrogen-bond acceptors (Lipinski definition) is 3. The lowest BCUT2D eigenvalue weighted by molar-refractivity contribution is -0.117. The van der Waals surface area contributed by atoms with Crippen molar-refractivity contribution < 1.29 is 18.4 Å². The van der Waals surface area contributed by atoms with Gasteiger partial charge >= 0.3 is 0 Å². The summed E-state index contributed by atoms with van der Waals surface area (Å²) in [6, 6.07) is 9.55. The van der Waals surface area contributed by atoms with Crippen molar-refractivity contribution in [2.45, 2.75) is 11.3 Å². The molecular formula is C16H14F2N2O2S. The molecule has 0 spiro atoms. The molecule has 0 fully saturated rings. The molecule has 3 N–H and O–H groups in total. The van der Waals surface area contributed by atoms with E-state index in [9.17, 15) is 18.4 Å². The predicted octanol–water partition coefficient (Wildman–Crippen LogP) is 3.18. The van der Waals surface area contributed by atoms with Crippen LogP contribution in [0.2, 0.25) is 0 Å². The minimum atomic E-state index is -0.803. The predicted molar refractivity (Wildman–Crippen MR) is 85.3 cm³/mol. The molecule has 0 heterocycles. The maximum Gasteiger partial charge on any atom is 0.258 e. The Morgan fingerprint density at radius 1 is 1.13 bits per heavy atom. The Morgan fingerprint density at radius 3 is 2.61 bits per heavy atom. The summed E-state index contributed by atoms with van der Waals surface area (Å²) in [6.07, 6.45) is 0.200. The molecule has 0 bridgehead atoms. The van der Waals surface area contributed by atoms with Gasteiger partial charge in [0, 0.05) is 17.1 Å². The molecule has 0 aliphatic carbocycles. The lowest BCUT2D eigenvalue weighted by Crippen LogP contribution is -2.15. The molecule has 2 rings (SSSR count). The van der Waals surface area contributed by atoms with Crippen LogP contribution in [0.3, 0.4) is 0 Å². The van der Waals surface area contributed by atoms with Gasteiger partial charge in [-0.1, -0.05) is 12.1 Å². The Bertz CT molecular complexity index is 738. The minimum absolute atomic E-state index is 0.200. The van der Waals surface area contributed by atoms with E-state index in [0.717, 1.165) is 18.2 Å². The molecule has 0 saturated heterocycles. The van der Waals surface area contributed by atoms with E-state index in [-0.39, 0.29) is 12.0 Å². The number of carbonyl (C=O) groups is 2. The average molecular weight is 336 g/mol. The van der Waals surface area contributed by atoms with Crippen molar-refractivity contribution in [3.8, 4) is 0 Å². The van der Waals surface area contributed by atoms with Crippen LogP contribution in [0.4, 0.5) is 14.5 Å². The molecule has 0 aliphatic heterocycles. The van der Waals surface area contributed by atoms with Crippen LogP contribution in [0.1, 0.15) is 16.8 Å². The first-order valence-electron chi connectivity index (χ1n) is 6.74. The van der Waals surface area contributed by atoms with Crippen molar-refractivity contribution in [2.24, 2.45) is 5.73 Å². The quantitative estimate of drug-likeness (QED) is 0.796. The van der Waals surface area contributed by atoms with E-state index in [1.54, 1.807) is 24.3 Å². The number of amides is 2. The molecule has 120 valence electrons. The van der Waals surface area contributed by atoms with Gasteiger partial charge < -0.3 is 11.1 Å². The topological polar surface area (TPSA) is 72.2 Å². The van der Waals surface area contributed by atoms with Crippen LogP contribution < -0.4 is 11.1 Å². The largest absolute Gasteiger partial charge is 0.370 e. The van der Waals surface area contributed by atoms with Crippen LogP contribution in [0, 0.1) is 11.6 Å². The third kappa shape index (κ3) is 4.79. The lowest BCUT2D eigenvalue weighted by atomic mass is 10.2. The second-order valence-electron chi connectivity index (χ2n) is 4.64. The summed E-state index contributed by atoms with van der Waals surface area (Å²) in [4.78, 5) is 23.6. The van der Waals surface area contributed by atoms with Crippen LogP contribution in [0.25, 0.3) is 0 Å². The monoisotopic (exact) mass is 336 g/mol. The van der Waals surface area contributed by atoms with E-state index >= 15 is 0 Å². The molecule has 0 unspecified atom stereocenters. The zero-order chi connectivity index (χ0) is 16.8.